The van der Waals surface area contributed by atoms with Gasteiger partial charge in [-0.2, -0.15) is 0 Å². The van der Waals surface area contributed by atoms with E-state index in [1.54, 1.807) is 0 Å². The highest BCUT2D eigenvalue weighted by Gasteiger charge is 2.32. The molecule has 1 aromatic rings. The quantitative estimate of drug-likeness (QED) is 0.483. The minimum atomic E-state index is 0.478. The Morgan fingerprint density at radius 3 is 2.75 bits per heavy atom. The number of benzene rings is 1. The van der Waals surface area contributed by atoms with E-state index in [1.807, 2.05) is 24.3 Å². The van der Waals surface area contributed by atoms with E-state index in [4.69, 9.17) is 0 Å². The van der Waals surface area contributed by atoms with Gasteiger partial charge in [-0.3, -0.25) is 9.69 Å². The van der Waals surface area contributed by atoms with Crippen LogP contribution in [0.25, 0.3) is 0 Å². The summed E-state index contributed by atoms with van der Waals surface area (Å²) in [5.74, 6) is 0. The van der Waals surface area contributed by atoms with Gasteiger partial charge in [0.2, 0.25) is 0 Å². The summed E-state index contributed by atoms with van der Waals surface area (Å²) in [5, 5.41) is 0. The summed E-state index contributed by atoms with van der Waals surface area (Å²) in [6.07, 6.45) is 0.932. The molecule has 1 aromatic carbocycles. The number of hydrogen-bond acceptors (Lipinski definition) is 2. The molecule has 1 heterocycles. The van der Waals surface area contributed by atoms with Crippen molar-refractivity contribution in [2.75, 3.05) is 13.6 Å². The van der Waals surface area contributed by atoms with Gasteiger partial charge in [0.1, 0.15) is 6.29 Å². The van der Waals surface area contributed by atoms with Gasteiger partial charge in [0.15, 0.2) is 0 Å². The Balaban J connectivity index is 2.35. The van der Waals surface area contributed by atoms with Crippen molar-refractivity contribution < 1.29 is 4.79 Å². The summed E-state index contributed by atoms with van der Waals surface area (Å²) in [5.41, 5.74) is 1.99. The fourth-order valence-corrected chi connectivity index (χ4v) is 1.48. The molecule has 2 heteroatoms. The van der Waals surface area contributed by atoms with E-state index in [0.29, 0.717) is 6.04 Å². The average Bonchev–Trinajstić information content (AvgIpc) is 2.83. The largest absolute Gasteiger partial charge is 0.298 e. The first-order chi connectivity index (χ1) is 5.83. The minimum Gasteiger partial charge on any atom is -0.298 e. The standard InChI is InChI=1S/C10H11NO/c1-11-6-10(11)9-5-3-2-4-8(9)7-12/h2-5,7,10H,6H2,1H3/t10-,11?/m0/s1. The van der Waals surface area contributed by atoms with E-state index in [2.05, 4.69) is 11.9 Å². The van der Waals surface area contributed by atoms with Crippen LogP contribution in [0.3, 0.4) is 0 Å². The van der Waals surface area contributed by atoms with E-state index in [-0.39, 0.29) is 0 Å². The Kier molecular flexibility index (Phi) is 1.70. The number of carbonyl (C=O) groups is 1. The smallest absolute Gasteiger partial charge is 0.150 e. The summed E-state index contributed by atoms with van der Waals surface area (Å²) in [4.78, 5) is 12.9. The molecule has 0 radical (unpaired) electrons. The molecular formula is C10H11NO. The van der Waals surface area contributed by atoms with E-state index in [1.165, 1.54) is 0 Å². The van der Waals surface area contributed by atoms with Crippen molar-refractivity contribution in [1.29, 1.82) is 0 Å². The van der Waals surface area contributed by atoms with Gasteiger partial charge < -0.3 is 0 Å². The molecule has 0 aromatic heterocycles. The zero-order valence-electron chi connectivity index (χ0n) is 7.03. The Labute approximate surface area is 71.8 Å². The molecule has 2 rings (SSSR count). The maximum atomic E-state index is 10.6. The summed E-state index contributed by atoms with van der Waals surface area (Å²) in [7, 11) is 2.06. The number of nitrogens with zero attached hydrogens (tertiary/aromatic N) is 1. The van der Waals surface area contributed by atoms with Gasteiger partial charge in [-0.25, -0.2) is 0 Å². The lowest BCUT2D eigenvalue weighted by Crippen LogP contribution is -1.93. The molecule has 1 aliphatic heterocycles. The molecule has 62 valence electrons. The molecule has 12 heavy (non-hydrogen) atoms. The SMILES string of the molecule is CN1C[C@H]1c1ccccc1C=O. The molecule has 0 amide bonds. The Morgan fingerprint density at radius 2 is 2.17 bits per heavy atom. The molecular weight excluding hydrogens is 150 g/mol. The Bertz CT molecular complexity index is 308. The van der Waals surface area contributed by atoms with E-state index < -0.39 is 0 Å². The third-order valence-electron chi connectivity index (χ3n) is 2.34. The number of likely N-dealkylation sites (N-methyl/N-ethyl adjacent to an activating group) is 1. The molecule has 2 nitrogen and oxygen atoms in total. The van der Waals surface area contributed by atoms with Gasteiger partial charge in [0, 0.05) is 18.2 Å². The van der Waals surface area contributed by atoms with Crippen LogP contribution in [0.1, 0.15) is 22.0 Å². The first-order valence-corrected chi connectivity index (χ1v) is 4.07. The summed E-state index contributed by atoms with van der Waals surface area (Å²) < 4.78 is 0. The second kappa shape index (κ2) is 2.72. The lowest BCUT2D eigenvalue weighted by molar-refractivity contribution is 0.112. The number of carbonyl (C=O) groups excluding carboxylic acids is 1. The first kappa shape index (κ1) is 7.50. The molecule has 0 spiro atoms. The van der Waals surface area contributed by atoms with Crippen LogP contribution in [0.5, 0.6) is 0 Å². The molecule has 0 saturated carbocycles. The van der Waals surface area contributed by atoms with Crippen LogP contribution in [0.15, 0.2) is 24.3 Å². The molecule has 1 fully saturated rings. The molecule has 0 aliphatic carbocycles. The third kappa shape index (κ3) is 1.14. The number of aldehydes is 1. The second-order valence-corrected chi connectivity index (χ2v) is 3.20. The van der Waals surface area contributed by atoms with Crippen LogP contribution in [-0.2, 0) is 0 Å². The van der Waals surface area contributed by atoms with Crippen molar-refractivity contribution in [3.05, 3.63) is 35.4 Å². The van der Waals surface area contributed by atoms with Gasteiger partial charge in [0.25, 0.3) is 0 Å². The molecule has 1 saturated heterocycles. The Hall–Kier alpha value is -1.15. The van der Waals surface area contributed by atoms with Crippen molar-refractivity contribution in [2.24, 2.45) is 0 Å². The van der Waals surface area contributed by atoms with Crippen LogP contribution >= 0.6 is 0 Å². The van der Waals surface area contributed by atoms with Crippen molar-refractivity contribution in [2.45, 2.75) is 6.04 Å². The van der Waals surface area contributed by atoms with Crippen molar-refractivity contribution in [3.8, 4) is 0 Å². The summed E-state index contributed by atoms with van der Waals surface area (Å²) in [6.45, 7) is 1.07. The van der Waals surface area contributed by atoms with E-state index in [0.717, 1.165) is 24.0 Å². The van der Waals surface area contributed by atoms with Crippen molar-refractivity contribution in [1.82, 2.24) is 4.90 Å². The Morgan fingerprint density at radius 1 is 1.50 bits per heavy atom. The van der Waals surface area contributed by atoms with E-state index in [9.17, 15) is 4.79 Å². The summed E-state index contributed by atoms with van der Waals surface area (Å²) in [6, 6.07) is 8.25. The highest BCUT2D eigenvalue weighted by molar-refractivity contribution is 5.77. The molecule has 1 unspecified atom stereocenters. The molecule has 0 bridgehead atoms. The average molecular weight is 161 g/mol. The highest BCUT2D eigenvalue weighted by Crippen LogP contribution is 2.33. The van der Waals surface area contributed by atoms with Crippen LogP contribution < -0.4 is 0 Å². The van der Waals surface area contributed by atoms with Crippen molar-refractivity contribution in [3.63, 3.8) is 0 Å². The molecule has 1 aliphatic rings. The lowest BCUT2D eigenvalue weighted by Gasteiger charge is -2.01. The lowest BCUT2D eigenvalue weighted by atomic mass is 10.1. The zero-order chi connectivity index (χ0) is 8.55. The second-order valence-electron chi connectivity index (χ2n) is 3.20. The first-order valence-electron chi connectivity index (χ1n) is 4.07. The molecule has 2 atom stereocenters. The normalized spacial score (nSPS) is 26.8. The van der Waals surface area contributed by atoms with Gasteiger partial charge in [-0.1, -0.05) is 24.3 Å². The van der Waals surface area contributed by atoms with Crippen LogP contribution in [0, 0.1) is 0 Å². The maximum absolute atomic E-state index is 10.6. The fraction of sp³-hybridized carbons (Fsp3) is 0.300. The van der Waals surface area contributed by atoms with Crippen LogP contribution in [0.2, 0.25) is 0 Å². The number of rotatable bonds is 2. The van der Waals surface area contributed by atoms with E-state index >= 15 is 0 Å². The third-order valence-corrected chi connectivity index (χ3v) is 2.34. The number of hydrogen-bond donors (Lipinski definition) is 0. The highest BCUT2D eigenvalue weighted by atomic mass is 16.1. The predicted octanol–water partition coefficient (Wildman–Crippen LogP) is 1.49. The topological polar surface area (TPSA) is 20.1 Å². The van der Waals surface area contributed by atoms with Gasteiger partial charge >= 0.3 is 0 Å². The zero-order valence-corrected chi connectivity index (χ0v) is 7.03. The van der Waals surface area contributed by atoms with Gasteiger partial charge in [-0.15, -0.1) is 0 Å². The monoisotopic (exact) mass is 161 g/mol. The fourth-order valence-electron chi connectivity index (χ4n) is 1.48. The van der Waals surface area contributed by atoms with Gasteiger partial charge in [-0.05, 0) is 12.6 Å². The molecule has 0 N–H and O–H groups in total. The minimum absolute atomic E-state index is 0.478. The van der Waals surface area contributed by atoms with Crippen molar-refractivity contribution >= 4 is 6.29 Å². The summed E-state index contributed by atoms with van der Waals surface area (Å²) >= 11 is 0. The van der Waals surface area contributed by atoms with Crippen LogP contribution in [0.4, 0.5) is 0 Å². The maximum Gasteiger partial charge on any atom is 0.150 e. The van der Waals surface area contributed by atoms with Crippen LogP contribution in [-0.4, -0.2) is 24.8 Å². The van der Waals surface area contributed by atoms with Gasteiger partial charge in [0.05, 0.1) is 0 Å². The predicted molar refractivity (Wildman–Crippen MR) is 47.2 cm³/mol.